The summed E-state index contributed by atoms with van der Waals surface area (Å²) in [7, 11) is 0. The molecule has 2 amide bonds. The van der Waals surface area contributed by atoms with Crippen molar-refractivity contribution in [3.8, 4) is 0 Å². The van der Waals surface area contributed by atoms with Crippen molar-refractivity contribution in [1.82, 2.24) is 10.6 Å². The first-order valence-corrected chi connectivity index (χ1v) is 6.65. The lowest BCUT2D eigenvalue weighted by Crippen LogP contribution is -2.45. The van der Waals surface area contributed by atoms with Gasteiger partial charge in [-0.05, 0) is 24.9 Å². The lowest BCUT2D eigenvalue weighted by molar-refractivity contribution is -0.146. The molecule has 2 atom stereocenters. The van der Waals surface area contributed by atoms with Crippen LogP contribution in [-0.4, -0.2) is 52.4 Å². The van der Waals surface area contributed by atoms with E-state index in [0.717, 1.165) is 17.9 Å². The van der Waals surface area contributed by atoms with Crippen molar-refractivity contribution >= 4 is 23.8 Å². The Bertz CT molecular complexity index is 250. The molecule has 0 rings (SSSR count). The minimum atomic E-state index is -1.56. The van der Waals surface area contributed by atoms with Gasteiger partial charge in [0.05, 0.1) is 6.54 Å². The molecule has 0 heterocycles. The van der Waals surface area contributed by atoms with Crippen molar-refractivity contribution in [3.05, 3.63) is 0 Å². The fourth-order valence-corrected chi connectivity index (χ4v) is 1.84. The molecule has 0 aliphatic rings. The van der Waals surface area contributed by atoms with Gasteiger partial charge in [-0.3, -0.25) is 0 Å². The number of carboxylic acid groups (broad SMARTS) is 1. The van der Waals surface area contributed by atoms with Gasteiger partial charge in [0.1, 0.15) is 0 Å². The lowest BCUT2D eigenvalue weighted by atomic mass is 10.3. The monoisotopic (exact) mass is 264 g/mol. The third-order valence-corrected chi connectivity index (χ3v) is 2.95. The van der Waals surface area contributed by atoms with Gasteiger partial charge in [0.2, 0.25) is 0 Å². The molecule has 100 valence electrons. The standard InChI is InChI=1S/C10H20N2O4S/c1-3-17-5-4-7(2)12-10(16)11-6-8(13)9(14)15/h7-8,13H,3-6H2,1-2H3,(H,14,15)(H2,11,12,16)/t7?,8-/m0/s1. The summed E-state index contributed by atoms with van der Waals surface area (Å²) in [6.45, 7) is 3.66. The lowest BCUT2D eigenvalue weighted by Gasteiger charge is -2.14. The normalized spacial score (nSPS) is 13.8. The number of carbonyl (C=O) groups is 2. The van der Waals surface area contributed by atoms with Gasteiger partial charge < -0.3 is 20.8 Å². The summed E-state index contributed by atoms with van der Waals surface area (Å²) in [5.41, 5.74) is 0. The molecule has 0 saturated carbocycles. The molecule has 1 unspecified atom stereocenters. The van der Waals surface area contributed by atoms with Crippen molar-refractivity contribution in [1.29, 1.82) is 0 Å². The van der Waals surface area contributed by atoms with Gasteiger partial charge in [-0.25, -0.2) is 9.59 Å². The zero-order chi connectivity index (χ0) is 13.3. The van der Waals surface area contributed by atoms with Crippen LogP contribution in [0.3, 0.4) is 0 Å². The van der Waals surface area contributed by atoms with Crippen LogP contribution in [0.15, 0.2) is 0 Å². The van der Waals surface area contributed by atoms with Crippen molar-refractivity contribution < 1.29 is 19.8 Å². The SMILES string of the molecule is CCSCCC(C)NC(=O)NC[C@H](O)C(=O)O. The van der Waals surface area contributed by atoms with Gasteiger partial charge >= 0.3 is 12.0 Å². The number of aliphatic hydroxyl groups is 1. The highest BCUT2D eigenvalue weighted by atomic mass is 32.2. The van der Waals surface area contributed by atoms with Gasteiger partial charge in [-0.15, -0.1) is 0 Å². The van der Waals surface area contributed by atoms with E-state index in [1.54, 1.807) is 11.8 Å². The first-order valence-electron chi connectivity index (χ1n) is 5.50. The number of hydrogen-bond acceptors (Lipinski definition) is 4. The zero-order valence-electron chi connectivity index (χ0n) is 10.1. The number of nitrogens with one attached hydrogen (secondary N) is 2. The highest BCUT2D eigenvalue weighted by Crippen LogP contribution is 2.03. The van der Waals surface area contributed by atoms with Crippen molar-refractivity contribution in [2.45, 2.75) is 32.4 Å². The smallest absolute Gasteiger partial charge is 0.334 e. The predicted octanol–water partition coefficient (Wildman–Crippen LogP) is 0.263. The van der Waals surface area contributed by atoms with Crippen LogP contribution in [-0.2, 0) is 4.79 Å². The van der Waals surface area contributed by atoms with Gasteiger partial charge in [0.15, 0.2) is 6.10 Å². The topological polar surface area (TPSA) is 98.7 Å². The molecule has 0 spiro atoms. The Labute approximate surface area is 105 Å². The van der Waals surface area contributed by atoms with E-state index in [4.69, 9.17) is 10.2 Å². The Balaban J connectivity index is 3.67. The van der Waals surface area contributed by atoms with E-state index in [1.807, 2.05) is 6.92 Å². The summed E-state index contributed by atoms with van der Waals surface area (Å²) < 4.78 is 0. The molecule has 4 N–H and O–H groups in total. The summed E-state index contributed by atoms with van der Waals surface area (Å²) in [5, 5.41) is 22.3. The molecule has 0 aromatic heterocycles. The number of rotatable bonds is 8. The largest absolute Gasteiger partial charge is 0.479 e. The highest BCUT2D eigenvalue weighted by molar-refractivity contribution is 7.99. The summed E-state index contributed by atoms with van der Waals surface area (Å²) >= 11 is 1.80. The van der Waals surface area contributed by atoms with Crippen LogP contribution in [0, 0.1) is 0 Å². The first-order chi connectivity index (χ1) is 7.97. The van der Waals surface area contributed by atoms with E-state index in [1.165, 1.54) is 0 Å². The van der Waals surface area contributed by atoms with Crippen LogP contribution in [0.5, 0.6) is 0 Å². The quantitative estimate of drug-likeness (QED) is 0.471. The number of urea groups is 1. The van der Waals surface area contributed by atoms with E-state index in [2.05, 4.69) is 17.6 Å². The van der Waals surface area contributed by atoms with E-state index < -0.39 is 18.1 Å². The number of carbonyl (C=O) groups excluding carboxylic acids is 1. The molecular formula is C10H20N2O4S. The first kappa shape index (κ1) is 16.1. The second-order valence-electron chi connectivity index (χ2n) is 3.60. The Hall–Kier alpha value is -0.950. The molecule has 0 aromatic rings. The van der Waals surface area contributed by atoms with Crippen LogP contribution >= 0.6 is 11.8 Å². The predicted molar refractivity (Wildman–Crippen MR) is 67.3 cm³/mol. The van der Waals surface area contributed by atoms with Gasteiger partial charge in [-0.2, -0.15) is 11.8 Å². The fourth-order valence-electron chi connectivity index (χ4n) is 1.03. The Morgan fingerprint density at radius 2 is 2.06 bits per heavy atom. The molecule has 0 aliphatic heterocycles. The van der Waals surface area contributed by atoms with E-state index >= 15 is 0 Å². The molecule has 0 aliphatic carbocycles. The molecule has 0 fully saturated rings. The molecular weight excluding hydrogens is 244 g/mol. The maximum absolute atomic E-state index is 11.3. The summed E-state index contributed by atoms with van der Waals surface area (Å²) in [6, 6.07) is -0.435. The van der Waals surface area contributed by atoms with Crippen LogP contribution < -0.4 is 10.6 Å². The fraction of sp³-hybridized carbons (Fsp3) is 0.800. The second kappa shape index (κ2) is 9.12. The van der Waals surface area contributed by atoms with E-state index in [0.29, 0.717) is 0 Å². The number of amides is 2. The minimum absolute atomic E-state index is 0.0241. The van der Waals surface area contributed by atoms with Crippen molar-refractivity contribution in [2.75, 3.05) is 18.1 Å². The molecule has 7 heteroatoms. The number of aliphatic carboxylic acids is 1. The number of hydrogen-bond donors (Lipinski definition) is 4. The van der Waals surface area contributed by atoms with Crippen molar-refractivity contribution in [3.63, 3.8) is 0 Å². The molecule has 0 aromatic carbocycles. The third kappa shape index (κ3) is 8.82. The summed E-state index contributed by atoms with van der Waals surface area (Å²) in [4.78, 5) is 21.6. The second-order valence-corrected chi connectivity index (χ2v) is 4.99. The minimum Gasteiger partial charge on any atom is -0.479 e. The summed E-state index contributed by atoms with van der Waals surface area (Å²) in [5.74, 6) is 0.664. The molecule has 0 bridgehead atoms. The Morgan fingerprint density at radius 3 is 2.59 bits per heavy atom. The highest BCUT2D eigenvalue weighted by Gasteiger charge is 2.14. The average molecular weight is 264 g/mol. The Morgan fingerprint density at radius 1 is 1.41 bits per heavy atom. The van der Waals surface area contributed by atoms with Gasteiger partial charge in [-0.1, -0.05) is 6.92 Å². The molecule has 0 saturated heterocycles. The molecule has 0 radical (unpaired) electrons. The maximum Gasteiger partial charge on any atom is 0.334 e. The van der Waals surface area contributed by atoms with E-state index in [-0.39, 0.29) is 12.6 Å². The van der Waals surface area contributed by atoms with Gasteiger partial charge in [0.25, 0.3) is 0 Å². The van der Waals surface area contributed by atoms with Crippen molar-refractivity contribution in [2.24, 2.45) is 0 Å². The molecule has 6 nitrogen and oxygen atoms in total. The number of carboxylic acids is 1. The van der Waals surface area contributed by atoms with E-state index in [9.17, 15) is 9.59 Å². The Kier molecular flexibility index (Phi) is 8.61. The van der Waals surface area contributed by atoms with Gasteiger partial charge in [0, 0.05) is 6.04 Å². The van der Waals surface area contributed by atoms with Crippen LogP contribution in [0.1, 0.15) is 20.3 Å². The number of aliphatic hydroxyl groups excluding tert-OH is 1. The van der Waals surface area contributed by atoms with Crippen LogP contribution in [0.25, 0.3) is 0 Å². The number of thioether (sulfide) groups is 1. The molecule has 17 heavy (non-hydrogen) atoms. The third-order valence-electron chi connectivity index (χ3n) is 2.02. The van der Waals surface area contributed by atoms with Crippen LogP contribution in [0.4, 0.5) is 4.79 Å². The van der Waals surface area contributed by atoms with Crippen LogP contribution in [0.2, 0.25) is 0 Å². The zero-order valence-corrected chi connectivity index (χ0v) is 10.9. The maximum atomic E-state index is 11.3. The average Bonchev–Trinajstić information content (AvgIpc) is 2.26. The summed E-state index contributed by atoms with van der Waals surface area (Å²) in [6.07, 6.45) is -0.709.